The molecule has 1 fully saturated rings. The molecule has 0 bridgehead atoms. The lowest BCUT2D eigenvalue weighted by Gasteiger charge is -2.11. The number of aryl methyl sites for hydroxylation is 1. The van der Waals surface area contributed by atoms with E-state index in [0.29, 0.717) is 36.8 Å². The monoisotopic (exact) mass is 318 g/mol. The summed E-state index contributed by atoms with van der Waals surface area (Å²) in [5.41, 5.74) is 0.657. The first kappa shape index (κ1) is 15.8. The van der Waals surface area contributed by atoms with Gasteiger partial charge in [0, 0.05) is 6.07 Å². The second kappa shape index (κ2) is 6.98. The van der Waals surface area contributed by atoms with Crippen molar-refractivity contribution < 1.29 is 13.9 Å². The Balaban J connectivity index is 1.99. The van der Waals surface area contributed by atoms with Gasteiger partial charge in [-0.3, -0.25) is 0 Å². The molecule has 2 aromatic rings. The molecule has 2 heterocycles. The first-order valence-corrected chi connectivity index (χ1v) is 8.31. The molecule has 124 valence electrons. The Hall–Kier alpha value is -2.11. The zero-order chi connectivity index (χ0) is 16.2. The van der Waals surface area contributed by atoms with Crippen LogP contribution < -0.4 is 15.1 Å². The van der Waals surface area contributed by atoms with Crippen LogP contribution in [0.15, 0.2) is 15.3 Å². The Labute approximate surface area is 134 Å². The van der Waals surface area contributed by atoms with Crippen molar-refractivity contribution in [3.05, 3.63) is 22.0 Å². The Kier molecular flexibility index (Phi) is 4.79. The largest absolute Gasteiger partial charge is 0.477 e. The van der Waals surface area contributed by atoms with Crippen molar-refractivity contribution >= 4 is 11.1 Å². The van der Waals surface area contributed by atoms with Crippen LogP contribution >= 0.6 is 0 Å². The van der Waals surface area contributed by atoms with Crippen LogP contribution in [0.3, 0.4) is 0 Å². The molecule has 6 heteroatoms. The minimum Gasteiger partial charge on any atom is -0.477 e. The SMILES string of the molecule is CCCCOc1nc(OCC2CC2)c2c(CC)cc(=O)oc2n1. The van der Waals surface area contributed by atoms with Crippen molar-refractivity contribution in [3.8, 4) is 11.9 Å². The summed E-state index contributed by atoms with van der Waals surface area (Å²) in [7, 11) is 0. The van der Waals surface area contributed by atoms with E-state index in [1.165, 1.54) is 18.9 Å². The van der Waals surface area contributed by atoms with Crippen molar-refractivity contribution in [2.24, 2.45) is 5.92 Å². The molecule has 1 saturated carbocycles. The van der Waals surface area contributed by atoms with Crippen molar-refractivity contribution in [2.45, 2.75) is 46.0 Å². The molecule has 1 aliphatic carbocycles. The second-order valence-electron chi connectivity index (χ2n) is 5.89. The van der Waals surface area contributed by atoms with E-state index in [-0.39, 0.29) is 11.7 Å². The molecule has 0 radical (unpaired) electrons. The van der Waals surface area contributed by atoms with Gasteiger partial charge in [-0.1, -0.05) is 20.3 Å². The van der Waals surface area contributed by atoms with Gasteiger partial charge in [-0.05, 0) is 37.2 Å². The van der Waals surface area contributed by atoms with Crippen LogP contribution in [0.5, 0.6) is 11.9 Å². The average Bonchev–Trinajstić information content (AvgIpc) is 3.36. The fourth-order valence-corrected chi connectivity index (χ4v) is 2.33. The van der Waals surface area contributed by atoms with Crippen LogP contribution in [0.4, 0.5) is 0 Å². The van der Waals surface area contributed by atoms with Gasteiger partial charge in [-0.2, -0.15) is 9.97 Å². The van der Waals surface area contributed by atoms with E-state index in [4.69, 9.17) is 13.9 Å². The third-order valence-corrected chi connectivity index (χ3v) is 3.90. The van der Waals surface area contributed by atoms with Crippen molar-refractivity contribution in [3.63, 3.8) is 0 Å². The van der Waals surface area contributed by atoms with E-state index in [1.807, 2.05) is 6.92 Å². The lowest BCUT2D eigenvalue weighted by Crippen LogP contribution is -2.09. The average molecular weight is 318 g/mol. The quantitative estimate of drug-likeness (QED) is 0.696. The van der Waals surface area contributed by atoms with Gasteiger partial charge in [0.1, 0.15) is 5.39 Å². The van der Waals surface area contributed by atoms with Gasteiger partial charge in [-0.15, -0.1) is 0 Å². The Morgan fingerprint density at radius 2 is 2.09 bits per heavy atom. The maximum Gasteiger partial charge on any atom is 0.337 e. The standard InChI is InChI=1S/C17H22N2O4/c1-3-5-8-21-17-18-15(22-10-11-6-7-11)14-12(4-2)9-13(20)23-16(14)19-17/h9,11H,3-8,10H2,1-2H3. The number of hydrogen-bond donors (Lipinski definition) is 0. The van der Waals surface area contributed by atoms with E-state index in [2.05, 4.69) is 16.9 Å². The van der Waals surface area contributed by atoms with Crippen LogP contribution in [0.25, 0.3) is 11.1 Å². The highest BCUT2D eigenvalue weighted by molar-refractivity contribution is 5.82. The molecule has 0 spiro atoms. The van der Waals surface area contributed by atoms with Crippen molar-refractivity contribution in [1.29, 1.82) is 0 Å². The van der Waals surface area contributed by atoms with Gasteiger partial charge in [0.05, 0.1) is 13.2 Å². The van der Waals surface area contributed by atoms with Gasteiger partial charge >= 0.3 is 11.6 Å². The van der Waals surface area contributed by atoms with Gasteiger partial charge in [0.2, 0.25) is 11.6 Å². The number of aromatic nitrogens is 2. The number of ether oxygens (including phenoxy) is 2. The third kappa shape index (κ3) is 3.81. The van der Waals surface area contributed by atoms with Crippen molar-refractivity contribution in [1.82, 2.24) is 9.97 Å². The fourth-order valence-electron chi connectivity index (χ4n) is 2.33. The fraction of sp³-hybridized carbons (Fsp3) is 0.588. The molecule has 1 aliphatic rings. The predicted molar refractivity (Wildman–Crippen MR) is 86.1 cm³/mol. The maximum absolute atomic E-state index is 11.7. The normalized spacial score (nSPS) is 14.2. The zero-order valence-corrected chi connectivity index (χ0v) is 13.6. The minimum absolute atomic E-state index is 0.202. The van der Waals surface area contributed by atoms with Gasteiger partial charge in [0.15, 0.2) is 0 Å². The Morgan fingerprint density at radius 1 is 1.26 bits per heavy atom. The molecular weight excluding hydrogens is 296 g/mol. The smallest absolute Gasteiger partial charge is 0.337 e. The lowest BCUT2D eigenvalue weighted by atomic mass is 10.1. The molecule has 0 saturated heterocycles. The van der Waals surface area contributed by atoms with E-state index in [0.717, 1.165) is 18.4 Å². The van der Waals surface area contributed by atoms with E-state index >= 15 is 0 Å². The molecule has 0 atom stereocenters. The summed E-state index contributed by atoms with van der Waals surface area (Å²) < 4.78 is 16.7. The van der Waals surface area contributed by atoms with Crippen LogP contribution in [-0.4, -0.2) is 23.2 Å². The summed E-state index contributed by atoms with van der Waals surface area (Å²) in [6, 6.07) is 1.68. The molecule has 0 aromatic carbocycles. The van der Waals surface area contributed by atoms with Crippen molar-refractivity contribution in [2.75, 3.05) is 13.2 Å². The highest BCUT2D eigenvalue weighted by atomic mass is 16.5. The molecule has 6 nitrogen and oxygen atoms in total. The summed E-state index contributed by atoms with van der Waals surface area (Å²) in [6.07, 6.45) is 5.00. The van der Waals surface area contributed by atoms with Crippen LogP contribution in [0.1, 0.15) is 45.1 Å². The molecule has 0 N–H and O–H groups in total. The van der Waals surface area contributed by atoms with Gasteiger partial charge in [-0.25, -0.2) is 4.79 Å². The highest BCUT2D eigenvalue weighted by Crippen LogP contribution is 2.32. The Morgan fingerprint density at radius 3 is 2.78 bits per heavy atom. The van der Waals surface area contributed by atoms with Crippen LogP contribution in [0.2, 0.25) is 0 Å². The minimum atomic E-state index is -0.416. The molecule has 0 amide bonds. The second-order valence-corrected chi connectivity index (χ2v) is 5.89. The number of fused-ring (bicyclic) bond motifs is 1. The molecular formula is C17H22N2O4. The highest BCUT2D eigenvalue weighted by Gasteiger charge is 2.24. The van der Waals surface area contributed by atoms with E-state index in [9.17, 15) is 4.79 Å². The zero-order valence-electron chi connectivity index (χ0n) is 13.6. The summed E-state index contributed by atoms with van der Waals surface area (Å²) in [5.74, 6) is 1.05. The lowest BCUT2D eigenvalue weighted by molar-refractivity contribution is 0.262. The van der Waals surface area contributed by atoms with Crippen LogP contribution in [0, 0.1) is 5.92 Å². The topological polar surface area (TPSA) is 74.5 Å². The Bertz CT molecular complexity index is 737. The summed E-state index contributed by atoms with van der Waals surface area (Å²) in [5, 5.41) is 0.676. The van der Waals surface area contributed by atoms with E-state index < -0.39 is 5.63 Å². The predicted octanol–water partition coefficient (Wildman–Crippen LogP) is 3.11. The first-order chi connectivity index (χ1) is 11.2. The molecule has 23 heavy (non-hydrogen) atoms. The van der Waals surface area contributed by atoms with Gasteiger partial charge < -0.3 is 13.9 Å². The first-order valence-electron chi connectivity index (χ1n) is 8.31. The van der Waals surface area contributed by atoms with Crippen LogP contribution in [-0.2, 0) is 6.42 Å². The summed E-state index contributed by atoms with van der Waals surface area (Å²) in [6.45, 7) is 5.22. The third-order valence-electron chi connectivity index (χ3n) is 3.90. The maximum atomic E-state index is 11.7. The van der Waals surface area contributed by atoms with Gasteiger partial charge in [0.25, 0.3) is 0 Å². The molecule has 0 aliphatic heterocycles. The molecule has 2 aromatic heterocycles. The molecule has 3 rings (SSSR count). The summed E-state index contributed by atoms with van der Waals surface area (Å²) in [4.78, 5) is 20.3. The number of nitrogens with zero attached hydrogens (tertiary/aromatic N) is 2. The van der Waals surface area contributed by atoms with E-state index in [1.54, 1.807) is 0 Å². The summed E-state index contributed by atoms with van der Waals surface area (Å²) >= 11 is 0. The number of unbranched alkanes of at least 4 members (excludes halogenated alkanes) is 1. The molecule has 0 unspecified atom stereocenters. The number of hydrogen-bond acceptors (Lipinski definition) is 6. The number of rotatable bonds is 8.